The van der Waals surface area contributed by atoms with Crippen molar-refractivity contribution in [3.8, 4) is 0 Å². The predicted molar refractivity (Wildman–Crippen MR) is 98.5 cm³/mol. The van der Waals surface area contributed by atoms with Crippen molar-refractivity contribution in [2.45, 2.75) is 32.7 Å². The van der Waals surface area contributed by atoms with Crippen LogP contribution >= 0.6 is 0 Å². The molecule has 3 rings (SSSR count). The predicted octanol–water partition coefficient (Wildman–Crippen LogP) is 1.73. The molecular formula is C19H26N6O. The molecule has 2 aromatic heterocycles. The molecule has 1 amide bonds. The molecule has 138 valence electrons. The van der Waals surface area contributed by atoms with E-state index in [0.29, 0.717) is 11.5 Å². The van der Waals surface area contributed by atoms with Crippen LogP contribution in [-0.2, 0) is 13.0 Å². The van der Waals surface area contributed by atoms with Gasteiger partial charge in [0.05, 0.1) is 28.8 Å². The van der Waals surface area contributed by atoms with Crippen LogP contribution in [0.4, 0.5) is 0 Å². The number of piperidine rings is 1. The second-order valence-corrected chi connectivity index (χ2v) is 7.20. The number of aromatic nitrogens is 4. The molecule has 0 saturated carbocycles. The van der Waals surface area contributed by atoms with Crippen molar-refractivity contribution < 1.29 is 4.79 Å². The molecule has 7 nitrogen and oxygen atoms in total. The Labute approximate surface area is 154 Å². The number of likely N-dealkylation sites (tertiary alicyclic amines) is 1. The Kier molecular flexibility index (Phi) is 5.88. The van der Waals surface area contributed by atoms with Gasteiger partial charge in [0.15, 0.2) is 0 Å². The van der Waals surface area contributed by atoms with E-state index in [9.17, 15) is 4.79 Å². The number of aryl methyl sites for hydroxylation is 1. The Hall–Kier alpha value is -2.41. The summed E-state index contributed by atoms with van der Waals surface area (Å²) in [5, 5.41) is 0. The van der Waals surface area contributed by atoms with Gasteiger partial charge in [-0.15, -0.1) is 0 Å². The number of nitrogens with zero attached hydrogens (tertiary/aromatic N) is 6. The van der Waals surface area contributed by atoms with Gasteiger partial charge in [0, 0.05) is 32.0 Å². The minimum Gasteiger partial charge on any atom is -0.339 e. The van der Waals surface area contributed by atoms with Gasteiger partial charge >= 0.3 is 0 Å². The molecule has 0 aromatic carbocycles. The molecule has 3 heterocycles. The normalized spacial score (nSPS) is 15.5. The molecule has 0 bridgehead atoms. The third-order valence-electron chi connectivity index (χ3n) is 4.78. The molecule has 0 radical (unpaired) electrons. The van der Waals surface area contributed by atoms with Crippen LogP contribution in [0.5, 0.6) is 0 Å². The van der Waals surface area contributed by atoms with Gasteiger partial charge in [-0.25, -0.2) is 9.97 Å². The van der Waals surface area contributed by atoms with Crippen molar-refractivity contribution >= 4 is 5.91 Å². The molecule has 1 aliphatic rings. The van der Waals surface area contributed by atoms with Crippen LogP contribution in [-0.4, -0.2) is 62.8 Å². The Morgan fingerprint density at radius 3 is 2.42 bits per heavy atom. The Balaban J connectivity index is 1.52. The zero-order chi connectivity index (χ0) is 18.5. The first-order valence-corrected chi connectivity index (χ1v) is 9.03. The van der Waals surface area contributed by atoms with Crippen molar-refractivity contribution in [1.82, 2.24) is 29.7 Å². The second kappa shape index (κ2) is 8.31. The summed E-state index contributed by atoms with van der Waals surface area (Å²) < 4.78 is 0. The van der Waals surface area contributed by atoms with Gasteiger partial charge in [-0.2, -0.15) is 0 Å². The summed E-state index contributed by atoms with van der Waals surface area (Å²) in [6.45, 7) is 4.19. The standard InChI is InChI=1S/C19H26N6O/c1-14-18(11-20-13-23-14)19(26)25-6-4-15(5-7-25)8-16-9-22-17(10-21-16)12-24(2)3/h9-11,13,15H,4-8,12H2,1-3H3. The quantitative estimate of drug-likeness (QED) is 0.814. The Bertz CT molecular complexity index is 738. The second-order valence-electron chi connectivity index (χ2n) is 7.20. The van der Waals surface area contributed by atoms with Crippen LogP contribution in [0.25, 0.3) is 0 Å². The van der Waals surface area contributed by atoms with Gasteiger partial charge in [0.2, 0.25) is 0 Å². The number of hydrogen-bond acceptors (Lipinski definition) is 6. The molecule has 0 unspecified atom stereocenters. The fraction of sp³-hybridized carbons (Fsp3) is 0.526. The van der Waals surface area contributed by atoms with E-state index < -0.39 is 0 Å². The number of carbonyl (C=O) groups excluding carboxylic acids is 1. The van der Waals surface area contributed by atoms with Crippen LogP contribution in [0, 0.1) is 12.8 Å². The molecule has 0 atom stereocenters. The monoisotopic (exact) mass is 354 g/mol. The molecule has 0 N–H and O–H groups in total. The molecule has 26 heavy (non-hydrogen) atoms. The number of amides is 1. The highest BCUT2D eigenvalue weighted by Gasteiger charge is 2.25. The lowest BCUT2D eigenvalue weighted by Gasteiger charge is -2.32. The highest BCUT2D eigenvalue weighted by atomic mass is 16.2. The molecule has 1 aliphatic heterocycles. The minimum atomic E-state index is 0.0365. The van der Waals surface area contributed by atoms with Gasteiger partial charge in [-0.1, -0.05) is 0 Å². The van der Waals surface area contributed by atoms with E-state index in [0.717, 1.165) is 56.0 Å². The van der Waals surface area contributed by atoms with Gasteiger partial charge in [-0.05, 0) is 46.2 Å². The van der Waals surface area contributed by atoms with Crippen molar-refractivity contribution in [2.24, 2.45) is 5.92 Å². The van der Waals surface area contributed by atoms with Crippen LogP contribution in [0.15, 0.2) is 24.9 Å². The first-order valence-electron chi connectivity index (χ1n) is 9.03. The average molecular weight is 354 g/mol. The molecule has 0 spiro atoms. The van der Waals surface area contributed by atoms with E-state index in [1.54, 1.807) is 6.20 Å². The third kappa shape index (κ3) is 4.60. The zero-order valence-corrected chi connectivity index (χ0v) is 15.7. The zero-order valence-electron chi connectivity index (χ0n) is 15.7. The van der Waals surface area contributed by atoms with Crippen molar-refractivity contribution in [3.63, 3.8) is 0 Å². The first-order chi connectivity index (χ1) is 12.5. The van der Waals surface area contributed by atoms with E-state index in [4.69, 9.17) is 0 Å². The topological polar surface area (TPSA) is 75.1 Å². The number of carbonyl (C=O) groups is 1. The van der Waals surface area contributed by atoms with Gasteiger partial charge in [-0.3, -0.25) is 14.8 Å². The summed E-state index contributed by atoms with van der Waals surface area (Å²) in [5.74, 6) is 0.579. The van der Waals surface area contributed by atoms with E-state index in [1.807, 2.05) is 38.3 Å². The highest BCUT2D eigenvalue weighted by Crippen LogP contribution is 2.22. The molecule has 1 fully saturated rings. The van der Waals surface area contributed by atoms with Crippen LogP contribution in [0.3, 0.4) is 0 Å². The summed E-state index contributed by atoms with van der Waals surface area (Å²) in [5.41, 5.74) is 3.36. The van der Waals surface area contributed by atoms with Crippen molar-refractivity contribution in [3.05, 3.63) is 47.6 Å². The third-order valence-corrected chi connectivity index (χ3v) is 4.78. The van der Waals surface area contributed by atoms with Crippen molar-refractivity contribution in [1.29, 1.82) is 0 Å². The maximum Gasteiger partial charge on any atom is 0.257 e. The summed E-state index contributed by atoms with van der Waals surface area (Å²) in [6, 6.07) is 0. The first kappa shape index (κ1) is 18.4. The maximum atomic E-state index is 12.6. The summed E-state index contributed by atoms with van der Waals surface area (Å²) in [4.78, 5) is 33.8. The summed E-state index contributed by atoms with van der Waals surface area (Å²) in [7, 11) is 4.04. The SMILES string of the molecule is Cc1ncncc1C(=O)N1CCC(Cc2cnc(CN(C)C)cn2)CC1. The molecule has 1 saturated heterocycles. The van der Waals surface area contributed by atoms with Crippen LogP contribution < -0.4 is 0 Å². The Morgan fingerprint density at radius 2 is 1.81 bits per heavy atom. The largest absolute Gasteiger partial charge is 0.339 e. The minimum absolute atomic E-state index is 0.0365. The lowest BCUT2D eigenvalue weighted by Crippen LogP contribution is -2.39. The van der Waals surface area contributed by atoms with Gasteiger partial charge in [0.25, 0.3) is 5.91 Å². The van der Waals surface area contributed by atoms with E-state index in [1.165, 1.54) is 6.33 Å². The Morgan fingerprint density at radius 1 is 1.12 bits per heavy atom. The van der Waals surface area contributed by atoms with Gasteiger partial charge < -0.3 is 9.80 Å². The molecular weight excluding hydrogens is 328 g/mol. The van der Waals surface area contributed by atoms with Crippen LogP contribution in [0.2, 0.25) is 0 Å². The van der Waals surface area contributed by atoms with E-state index in [-0.39, 0.29) is 5.91 Å². The number of rotatable bonds is 5. The lowest BCUT2D eigenvalue weighted by molar-refractivity contribution is 0.0688. The molecule has 2 aromatic rings. The average Bonchev–Trinajstić information content (AvgIpc) is 2.63. The summed E-state index contributed by atoms with van der Waals surface area (Å²) in [6.07, 6.45) is 9.74. The van der Waals surface area contributed by atoms with Crippen LogP contribution in [0.1, 0.15) is 40.3 Å². The van der Waals surface area contributed by atoms with E-state index in [2.05, 4.69) is 24.8 Å². The fourth-order valence-electron chi connectivity index (χ4n) is 3.30. The van der Waals surface area contributed by atoms with Crippen molar-refractivity contribution in [2.75, 3.05) is 27.2 Å². The fourth-order valence-corrected chi connectivity index (χ4v) is 3.30. The summed E-state index contributed by atoms with van der Waals surface area (Å²) >= 11 is 0. The van der Waals surface area contributed by atoms with E-state index >= 15 is 0 Å². The van der Waals surface area contributed by atoms with Gasteiger partial charge in [0.1, 0.15) is 6.33 Å². The molecule has 7 heteroatoms. The number of hydrogen-bond donors (Lipinski definition) is 0. The molecule has 0 aliphatic carbocycles. The smallest absolute Gasteiger partial charge is 0.257 e. The highest BCUT2D eigenvalue weighted by molar-refractivity contribution is 5.94. The lowest BCUT2D eigenvalue weighted by atomic mass is 9.92. The maximum absolute atomic E-state index is 12.6.